The molecular formula is C27H24N4O3S. The summed E-state index contributed by atoms with van der Waals surface area (Å²) in [6.07, 6.45) is 0. The second kappa shape index (κ2) is 9.95. The van der Waals surface area contributed by atoms with Crippen LogP contribution in [0.25, 0.3) is 11.1 Å². The average molecular weight is 485 g/mol. The van der Waals surface area contributed by atoms with Gasteiger partial charge in [-0.3, -0.25) is 4.79 Å². The van der Waals surface area contributed by atoms with Gasteiger partial charge in [-0.15, -0.1) is 0 Å². The van der Waals surface area contributed by atoms with E-state index in [4.69, 9.17) is 17.5 Å². The van der Waals surface area contributed by atoms with Crippen LogP contribution in [0.5, 0.6) is 0 Å². The van der Waals surface area contributed by atoms with Gasteiger partial charge in [0.05, 0.1) is 11.6 Å². The Labute approximate surface area is 209 Å². The number of benzene rings is 3. The van der Waals surface area contributed by atoms with Crippen molar-refractivity contribution in [3.8, 4) is 17.2 Å². The number of carbonyl (C=O) groups is 2. The SMILES string of the molecule is CC(C)C(C(=O)O)N1Cc2cc(-c3ccc(NC(=S)Nc4ccc(C#N)cc4)cc3)ccc2C1=O. The van der Waals surface area contributed by atoms with E-state index in [1.807, 2.05) is 50.2 Å². The molecule has 8 heteroatoms. The first kappa shape index (κ1) is 23.9. The third kappa shape index (κ3) is 5.15. The molecule has 1 aliphatic heterocycles. The number of nitriles is 1. The molecule has 7 nitrogen and oxygen atoms in total. The Bertz CT molecular complexity index is 1330. The molecule has 1 heterocycles. The summed E-state index contributed by atoms with van der Waals surface area (Å²) in [5.41, 5.74) is 5.46. The molecule has 0 bridgehead atoms. The number of rotatable bonds is 6. The number of carbonyl (C=O) groups excluding carboxylic acids is 1. The number of carboxylic acids is 1. The molecule has 0 spiro atoms. The normalized spacial score (nSPS) is 13.2. The fourth-order valence-corrected chi connectivity index (χ4v) is 4.43. The first-order valence-electron chi connectivity index (χ1n) is 11.1. The number of aliphatic carboxylic acids is 1. The maximum absolute atomic E-state index is 12.8. The van der Waals surface area contributed by atoms with Gasteiger partial charge in [-0.05, 0) is 83.4 Å². The largest absolute Gasteiger partial charge is 0.480 e. The number of thiocarbonyl (C=S) groups is 1. The molecule has 35 heavy (non-hydrogen) atoms. The quantitative estimate of drug-likeness (QED) is 0.418. The van der Waals surface area contributed by atoms with Crippen molar-refractivity contribution in [2.75, 3.05) is 10.6 Å². The Hall–Kier alpha value is -4.22. The van der Waals surface area contributed by atoms with Gasteiger partial charge < -0.3 is 20.6 Å². The molecule has 0 aromatic heterocycles. The fourth-order valence-electron chi connectivity index (χ4n) is 4.19. The van der Waals surface area contributed by atoms with Gasteiger partial charge in [0.15, 0.2) is 5.11 Å². The molecule has 1 unspecified atom stereocenters. The molecule has 0 saturated carbocycles. The number of amides is 1. The van der Waals surface area contributed by atoms with E-state index in [0.717, 1.165) is 28.1 Å². The van der Waals surface area contributed by atoms with E-state index in [1.54, 1.807) is 30.3 Å². The molecule has 3 aromatic carbocycles. The number of carboxylic acid groups (broad SMARTS) is 1. The minimum atomic E-state index is -0.990. The average Bonchev–Trinajstić information content (AvgIpc) is 3.14. The van der Waals surface area contributed by atoms with Crippen LogP contribution in [0.4, 0.5) is 11.4 Å². The summed E-state index contributed by atoms with van der Waals surface area (Å²) >= 11 is 5.37. The Balaban J connectivity index is 1.44. The van der Waals surface area contributed by atoms with Crippen molar-refractivity contribution in [1.29, 1.82) is 5.26 Å². The lowest BCUT2D eigenvalue weighted by molar-refractivity contribution is -0.144. The zero-order chi connectivity index (χ0) is 25.1. The van der Waals surface area contributed by atoms with Crippen molar-refractivity contribution < 1.29 is 14.7 Å². The summed E-state index contributed by atoms with van der Waals surface area (Å²) in [6.45, 7) is 3.90. The number of anilines is 2. The lowest BCUT2D eigenvalue weighted by Gasteiger charge is -2.27. The van der Waals surface area contributed by atoms with Crippen molar-refractivity contribution in [2.45, 2.75) is 26.4 Å². The highest BCUT2D eigenvalue weighted by Crippen LogP contribution is 2.31. The summed E-state index contributed by atoms with van der Waals surface area (Å²) in [4.78, 5) is 26.0. The Morgan fingerprint density at radius 2 is 1.57 bits per heavy atom. The summed E-state index contributed by atoms with van der Waals surface area (Å²) in [6, 6.07) is 21.6. The highest BCUT2D eigenvalue weighted by molar-refractivity contribution is 7.80. The molecule has 4 rings (SSSR count). The van der Waals surface area contributed by atoms with E-state index in [1.165, 1.54) is 4.90 Å². The molecule has 1 aliphatic rings. The van der Waals surface area contributed by atoms with Crippen molar-refractivity contribution in [3.63, 3.8) is 0 Å². The van der Waals surface area contributed by atoms with Crippen LogP contribution in [0.3, 0.4) is 0 Å². The predicted molar refractivity (Wildman–Crippen MR) is 139 cm³/mol. The Kier molecular flexibility index (Phi) is 6.80. The van der Waals surface area contributed by atoms with Gasteiger partial charge in [0, 0.05) is 23.5 Å². The highest BCUT2D eigenvalue weighted by Gasteiger charge is 2.38. The fraction of sp³-hybridized carbons (Fsp3) is 0.185. The lowest BCUT2D eigenvalue weighted by Crippen LogP contribution is -2.44. The van der Waals surface area contributed by atoms with Gasteiger partial charge in [0.2, 0.25) is 0 Å². The Morgan fingerprint density at radius 1 is 1.00 bits per heavy atom. The van der Waals surface area contributed by atoms with Gasteiger partial charge in [0.1, 0.15) is 6.04 Å². The number of hydrogen-bond acceptors (Lipinski definition) is 4. The topological polar surface area (TPSA) is 105 Å². The third-order valence-electron chi connectivity index (χ3n) is 5.91. The number of fused-ring (bicyclic) bond motifs is 1. The van der Waals surface area contributed by atoms with Crippen LogP contribution < -0.4 is 10.6 Å². The molecule has 0 radical (unpaired) electrons. The molecular weight excluding hydrogens is 460 g/mol. The maximum atomic E-state index is 12.8. The number of hydrogen-bond donors (Lipinski definition) is 3. The summed E-state index contributed by atoms with van der Waals surface area (Å²) in [5, 5.41) is 25.1. The van der Waals surface area contributed by atoms with Crippen LogP contribution in [0, 0.1) is 17.2 Å². The van der Waals surface area contributed by atoms with Gasteiger partial charge in [-0.25, -0.2) is 4.79 Å². The van der Waals surface area contributed by atoms with Gasteiger partial charge >= 0.3 is 5.97 Å². The molecule has 0 fully saturated rings. The lowest BCUT2D eigenvalue weighted by atomic mass is 10.0. The first-order valence-corrected chi connectivity index (χ1v) is 11.5. The van der Waals surface area contributed by atoms with Crippen LogP contribution in [-0.4, -0.2) is 33.0 Å². The van der Waals surface area contributed by atoms with Crippen molar-refractivity contribution >= 4 is 40.6 Å². The van der Waals surface area contributed by atoms with E-state index in [9.17, 15) is 14.7 Å². The zero-order valence-corrected chi connectivity index (χ0v) is 20.1. The van der Waals surface area contributed by atoms with Gasteiger partial charge in [0.25, 0.3) is 5.91 Å². The van der Waals surface area contributed by atoms with Crippen LogP contribution in [0.15, 0.2) is 66.7 Å². The van der Waals surface area contributed by atoms with Gasteiger partial charge in [-0.2, -0.15) is 5.26 Å². The molecule has 0 aliphatic carbocycles. The van der Waals surface area contributed by atoms with Crippen molar-refractivity contribution in [2.24, 2.45) is 5.92 Å². The number of nitrogens with one attached hydrogen (secondary N) is 2. The molecule has 1 amide bonds. The standard InChI is InChI=1S/C27H24N4O3S/c1-16(2)24(26(33)34)31-15-20-13-19(7-12-23(20)25(31)32)18-5-10-22(11-6-18)30-27(35)29-21-8-3-17(14-28)4-9-21/h3-13,16,24H,15H2,1-2H3,(H,33,34)(H2,29,30,35). The molecule has 176 valence electrons. The number of nitrogens with zero attached hydrogens (tertiary/aromatic N) is 2. The highest BCUT2D eigenvalue weighted by atomic mass is 32.1. The summed E-state index contributed by atoms with van der Waals surface area (Å²) < 4.78 is 0. The smallest absolute Gasteiger partial charge is 0.326 e. The summed E-state index contributed by atoms with van der Waals surface area (Å²) in [5.74, 6) is -1.42. The minimum absolute atomic E-state index is 0.192. The monoisotopic (exact) mass is 484 g/mol. The first-order chi connectivity index (χ1) is 16.8. The second-order valence-corrected chi connectivity index (χ2v) is 9.09. The molecule has 1 atom stereocenters. The van der Waals surface area contributed by atoms with Crippen molar-refractivity contribution in [1.82, 2.24) is 4.90 Å². The van der Waals surface area contributed by atoms with E-state index in [2.05, 4.69) is 16.7 Å². The van der Waals surface area contributed by atoms with Crippen LogP contribution in [0.2, 0.25) is 0 Å². The molecule has 3 N–H and O–H groups in total. The molecule has 0 saturated heterocycles. The zero-order valence-electron chi connectivity index (χ0n) is 19.3. The van der Waals surface area contributed by atoms with E-state index in [0.29, 0.717) is 16.2 Å². The van der Waals surface area contributed by atoms with Crippen LogP contribution in [-0.2, 0) is 11.3 Å². The summed E-state index contributed by atoms with van der Waals surface area (Å²) in [7, 11) is 0. The van der Waals surface area contributed by atoms with Crippen LogP contribution in [0.1, 0.15) is 35.3 Å². The third-order valence-corrected chi connectivity index (χ3v) is 6.11. The van der Waals surface area contributed by atoms with Crippen LogP contribution >= 0.6 is 12.2 Å². The van der Waals surface area contributed by atoms with Gasteiger partial charge in [-0.1, -0.05) is 32.0 Å². The second-order valence-electron chi connectivity index (χ2n) is 8.68. The van der Waals surface area contributed by atoms with E-state index < -0.39 is 12.0 Å². The molecule has 3 aromatic rings. The Morgan fingerprint density at radius 3 is 2.11 bits per heavy atom. The van der Waals surface area contributed by atoms with E-state index in [-0.39, 0.29) is 18.4 Å². The predicted octanol–water partition coefficient (Wildman–Crippen LogP) is 5.10. The van der Waals surface area contributed by atoms with Crippen molar-refractivity contribution in [3.05, 3.63) is 83.4 Å². The minimum Gasteiger partial charge on any atom is -0.480 e. The van der Waals surface area contributed by atoms with E-state index >= 15 is 0 Å². The maximum Gasteiger partial charge on any atom is 0.326 e.